The fourth-order valence-corrected chi connectivity index (χ4v) is 2.92. The second-order valence-corrected chi connectivity index (χ2v) is 6.17. The smallest absolute Gasteiger partial charge is 0.0897 e. The summed E-state index contributed by atoms with van der Waals surface area (Å²) in [6.07, 6.45) is 2.35. The number of nitrogens with one attached hydrogen (secondary N) is 1. The minimum Gasteiger partial charge on any atom is -0.271 e. The van der Waals surface area contributed by atoms with Gasteiger partial charge in [-0.05, 0) is 20.8 Å². The van der Waals surface area contributed by atoms with Crippen molar-refractivity contribution in [2.75, 3.05) is 0 Å². The van der Waals surface area contributed by atoms with Crippen molar-refractivity contribution in [3.05, 3.63) is 33.0 Å². The predicted molar refractivity (Wildman–Crippen MR) is 78.2 cm³/mol. The van der Waals surface area contributed by atoms with Crippen molar-refractivity contribution in [3.8, 4) is 0 Å². The van der Waals surface area contributed by atoms with Crippen molar-refractivity contribution in [2.45, 2.75) is 39.3 Å². The Labute approximate surface area is 121 Å². The molecule has 1 unspecified atom stereocenters. The molecule has 19 heavy (non-hydrogen) atoms. The third-order valence-corrected chi connectivity index (χ3v) is 4.00. The SMILES string of the molecule is Cc1nc(CC(NN)c2c(Cl)cnn2C(C)C)cs1. The number of nitrogens with zero attached hydrogens (tertiary/aromatic N) is 3. The number of hydrogen-bond donors (Lipinski definition) is 2. The lowest BCUT2D eigenvalue weighted by Gasteiger charge is -2.19. The van der Waals surface area contributed by atoms with Gasteiger partial charge in [0.1, 0.15) is 0 Å². The van der Waals surface area contributed by atoms with Crippen LogP contribution in [0.15, 0.2) is 11.6 Å². The molecule has 5 nitrogen and oxygen atoms in total. The van der Waals surface area contributed by atoms with E-state index in [9.17, 15) is 0 Å². The molecule has 0 saturated carbocycles. The van der Waals surface area contributed by atoms with Gasteiger partial charge in [-0.25, -0.2) is 4.98 Å². The summed E-state index contributed by atoms with van der Waals surface area (Å²) in [6, 6.07) is 0.134. The first-order valence-electron chi connectivity index (χ1n) is 6.13. The molecule has 7 heteroatoms. The number of rotatable bonds is 5. The molecular formula is C12H18ClN5S. The van der Waals surface area contributed by atoms with E-state index in [0.717, 1.165) is 16.4 Å². The molecule has 0 spiro atoms. The fraction of sp³-hybridized carbons (Fsp3) is 0.500. The summed E-state index contributed by atoms with van der Waals surface area (Å²) < 4.78 is 1.89. The Morgan fingerprint density at radius 2 is 2.26 bits per heavy atom. The molecule has 0 aromatic carbocycles. The number of thiazole rings is 1. The molecule has 0 fully saturated rings. The van der Waals surface area contributed by atoms with E-state index >= 15 is 0 Å². The van der Waals surface area contributed by atoms with Crippen LogP contribution in [0.2, 0.25) is 5.02 Å². The molecule has 0 aliphatic rings. The van der Waals surface area contributed by atoms with E-state index < -0.39 is 0 Å². The maximum absolute atomic E-state index is 6.24. The maximum Gasteiger partial charge on any atom is 0.0897 e. The first-order chi connectivity index (χ1) is 9.02. The van der Waals surface area contributed by atoms with Gasteiger partial charge in [0.15, 0.2) is 0 Å². The molecule has 0 aliphatic heterocycles. The van der Waals surface area contributed by atoms with Crippen molar-refractivity contribution < 1.29 is 0 Å². The van der Waals surface area contributed by atoms with Crippen LogP contribution in [0.5, 0.6) is 0 Å². The van der Waals surface area contributed by atoms with E-state index in [-0.39, 0.29) is 12.1 Å². The van der Waals surface area contributed by atoms with E-state index in [2.05, 4.69) is 29.4 Å². The molecule has 2 heterocycles. The molecular weight excluding hydrogens is 282 g/mol. The molecule has 0 radical (unpaired) electrons. The molecule has 2 rings (SSSR count). The van der Waals surface area contributed by atoms with Crippen molar-refractivity contribution in [3.63, 3.8) is 0 Å². The Hall–Kier alpha value is -0.950. The molecule has 2 aromatic rings. The number of aromatic nitrogens is 3. The molecule has 0 bridgehead atoms. The van der Waals surface area contributed by atoms with Crippen LogP contribution in [0, 0.1) is 6.92 Å². The Balaban J connectivity index is 2.29. The van der Waals surface area contributed by atoms with Gasteiger partial charge in [0.2, 0.25) is 0 Å². The van der Waals surface area contributed by atoms with Crippen LogP contribution in [0.1, 0.15) is 42.3 Å². The zero-order valence-corrected chi connectivity index (χ0v) is 12.8. The van der Waals surface area contributed by atoms with Crippen molar-refractivity contribution >= 4 is 22.9 Å². The van der Waals surface area contributed by atoms with Crippen LogP contribution in [0.3, 0.4) is 0 Å². The van der Waals surface area contributed by atoms with Gasteiger partial charge in [0.25, 0.3) is 0 Å². The van der Waals surface area contributed by atoms with E-state index in [1.807, 2.05) is 17.0 Å². The Kier molecular flexibility index (Phi) is 4.57. The van der Waals surface area contributed by atoms with Crippen LogP contribution < -0.4 is 11.3 Å². The molecule has 3 N–H and O–H groups in total. The van der Waals surface area contributed by atoms with E-state index in [4.69, 9.17) is 17.4 Å². The lowest BCUT2D eigenvalue weighted by Crippen LogP contribution is -2.32. The summed E-state index contributed by atoms with van der Waals surface area (Å²) in [7, 11) is 0. The highest BCUT2D eigenvalue weighted by Crippen LogP contribution is 2.27. The maximum atomic E-state index is 6.24. The fourth-order valence-electron chi connectivity index (χ4n) is 2.03. The molecule has 2 aromatic heterocycles. The lowest BCUT2D eigenvalue weighted by molar-refractivity contribution is 0.446. The van der Waals surface area contributed by atoms with Crippen LogP contribution in [-0.4, -0.2) is 14.8 Å². The lowest BCUT2D eigenvalue weighted by atomic mass is 10.1. The van der Waals surface area contributed by atoms with Gasteiger partial charge in [0, 0.05) is 17.8 Å². The van der Waals surface area contributed by atoms with Gasteiger partial charge >= 0.3 is 0 Å². The summed E-state index contributed by atoms with van der Waals surface area (Å²) >= 11 is 7.87. The Bertz CT molecular complexity index is 548. The van der Waals surface area contributed by atoms with Gasteiger partial charge in [-0.1, -0.05) is 11.6 Å². The highest BCUT2D eigenvalue weighted by atomic mass is 35.5. The van der Waals surface area contributed by atoms with Gasteiger partial charge in [0.05, 0.1) is 33.7 Å². The minimum absolute atomic E-state index is 0.0982. The zero-order valence-electron chi connectivity index (χ0n) is 11.2. The standard InChI is InChI=1S/C12H18ClN5S/c1-7(2)18-12(10(13)5-15-18)11(17-14)4-9-6-19-8(3)16-9/h5-7,11,17H,4,14H2,1-3H3. The quantitative estimate of drug-likeness (QED) is 0.658. The van der Waals surface area contributed by atoms with Crippen LogP contribution in [0.25, 0.3) is 0 Å². The molecule has 104 valence electrons. The normalized spacial score (nSPS) is 13.2. The summed E-state index contributed by atoms with van der Waals surface area (Å²) in [5, 5.41) is 8.03. The Morgan fingerprint density at radius 1 is 1.53 bits per heavy atom. The first kappa shape index (κ1) is 14.5. The minimum atomic E-state index is -0.0982. The second-order valence-electron chi connectivity index (χ2n) is 4.70. The molecule has 1 atom stereocenters. The third-order valence-electron chi connectivity index (χ3n) is 2.89. The van der Waals surface area contributed by atoms with Gasteiger partial charge in [-0.15, -0.1) is 11.3 Å². The van der Waals surface area contributed by atoms with Crippen molar-refractivity contribution in [1.82, 2.24) is 20.2 Å². The van der Waals surface area contributed by atoms with E-state index in [0.29, 0.717) is 11.4 Å². The summed E-state index contributed by atoms with van der Waals surface area (Å²) in [5.74, 6) is 5.68. The third kappa shape index (κ3) is 3.14. The first-order valence-corrected chi connectivity index (χ1v) is 7.38. The van der Waals surface area contributed by atoms with Crippen LogP contribution in [0.4, 0.5) is 0 Å². The van der Waals surface area contributed by atoms with Crippen LogP contribution >= 0.6 is 22.9 Å². The highest BCUT2D eigenvalue weighted by molar-refractivity contribution is 7.09. The number of aryl methyl sites for hydroxylation is 1. The molecule has 0 amide bonds. The van der Waals surface area contributed by atoms with Crippen molar-refractivity contribution in [1.29, 1.82) is 0 Å². The highest BCUT2D eigenvalue weighted by Gasteiger charge is 2.22. The van der Waals surface area contributed by atoms with E-state index in [1.165, 1.54) is 0 Å². The van der Waals surface area contributed by atoms with Crippen molar-refractivity contribution in [2.24, 2.45) is 5.84 Å². The zero-order chi connectivity index (χ0) is 14.0. The second kappa shape index (κ2) is 6.00. The average molecular weight is 300 g/mol. The largest absolute Gasteiger partial charge is 0.271 e. The van der Waals surface area contributed by atoms with Crippen LogP contribution in [-0.2, 0) is 6.42 Å². The summed E-state index contributed by atoms with van der Waals surface area (Å²) in [6.45, 7) is 6.12. The monoisotopic (exact) mass is 299 g/mol. The number of halogens is 1. The summed E-state index contributed by atoms with van der Waals surface area (Å²) in [5.41, 5.74) is 4.74. The number of nitrogens with two attached hydrogens (primary N) is 1. The number of hydrogen-bond acceptors (Lipinski definition) is 5. The predicted octanol–water partition coefficient (Wildman–Crippen LogP) is 2.63. The van der Waals surface area contributed by atoms with Gasteiger partial charge < -0.3 is 0 Å². The summed E-state index contributed by atoms with van der Waals surface area (Å²) in [4.78, 5) is 4.46. The molecule has 0 saturated heterocycles. The average Bonchev–Trinajstić information content (AvgIpc) is 2.93. The Morgan fingerprint density at radius 3 is 2.79 bits per heavy atom. The topological polar surface area (TPSA) is 68.8 Å². The van der Waals surface area contributed by atoms with E-state index in [1.54, 1.807) is 17.5 Å². The molecule has 0 aliphatic carbocycles. The van der Waals surface area contributed by atoms with Gasteiger partial charge in [-0.2, -0.15) is 5.10 Å². The van der Waals surface area contributed by atoms with Gasteiger partial charge in [-0.3, -0.25) is 16.0 Å². The number of hydrazine groups is 1.